The fourth-order valence-electron chi connectivity index (χ4n) is 4.38. The Labute approximate surface area is 179 Å². The highest BCUT2D eigenvalue weighted by Gasteiger charge is 2.41. The molecule has 6 heteroatoms. The zero-order chi connectivity index (χ0) is 20.8. The number of benzene rings is 2. The number of rotatable bonds is 6. The van der Waals surface area contributed by atoms with Gasteiger partial charge < -0.3 is 19.7 Å². The Kier molecular flexibility index (Phi) is 7.00. The minimum absolute atomic E-state index is 0.231. The maximum atomic E-state index is 6.12. The summed E-state index contributed by atoms with van der Waals surface area (Å²) in [6, 6.07) is 19.6. The number of hydrogen-bond donors (Lipinski definition) is 1. The molecule has 0 radical (unpaired) electrons. The fraction of sp³-hybridized carbons (Fsp3) is 0.458. The lowest BCUT2D eigenvalue weighted by Gasteiger charge is -2.36. The van der Waals surface area contributed by atoms with Crippen LogP contribution in [0.1, 0.15) is 16.7 Å². The monoisotopic (exact) mass is 408 g/mol. The van der Waals surface area contributed by atoms with Crippen LogP contribution in [-0.2, 0) is 29.2 Å². The predicted octanol–water partition coefficient (Wildman–Crippen LogP) is 2.49. The molecule has 2 aromatic carbocycles. The van der Waals surface area contributed by atoms with Crippen LogP contribution in [0.15, 0.2) is 59.6 Å². The number of fused-ring (bicyclic) bond motifs is 1. The Morgan fingerprint density at radius 2 is 1.83 bits per heavy atom. The molecule has 2 aliphatic rings. The predicted molar refractivity (Wildman–Crippen MR) is 119 cm³/mol. The van der Waals surface area contributed by atoms with E-state index >= 15 is 0 Å². The first kappa shape index (κ1) is 20.8. The van der Waals surface area contributed by atoms with Crippen molar-refractivity contribution in [3.8, 4) is 0 Å². The Bertz CT molecular complexity index is 825. The van der Waals surface area contributed by atoms with Gasteiger partial charge in [-0.25, -0.2) is 0 Å². The molecule has 0 saturated carbocycles. The molecule has 2 aliphatic heterocycles. The lowest BCUT2D eigenvalue weighted by Crippen LogP contribution is -2.50. The molecule has 0 aliphatic carbocycles. The summed E-state index contributed by atoms with van der Waals surface area (Å²) in [7, 11) is 3.58. The summed E-state index contributed by atoms with van der Waals surface area (Å²) in [4.78, 5) is 9.43. The molecule has 0 aromatic heterocycles. The molecule has 2 atom stereocenters. The quantitative estimate of drug-likeness (QED) is 0.588. The van der Waals surface area contributed by atoms with Crippen LogP contribution >= 0.6 is 0 Å². The normalized spacial score (nSPS) is 22.2. The minimum Gasteiger partial charge on any atom is -0.380 e. The van der Waals surface area contributed by atoms with Gasteiger partial charge in [0.2, 0.25) is 0 Å². The lowest BCUT2D eigenvalue weighted by atomic mass is 10.1. The molecule has 30 heavy (non-hydrogen) atoms. The molecule has 1 N–H and O–H groups in total. The molecule has 2 heterocycles. The number of guanidine groups is 1. The molecule has 2 fully saturated rings. The summed E-state index contributed by atoms with van der Waals surface area (Å²) < 4.78 is 11.3. The van der Waals surface area contributed by atoms with Crippen molar-refractivity contribution in [2.24, 2.45) is 4.99 Å². The van der Waals surface area contributed by atoms with Gasteiger partial charge in [0.25, 0.3) is 0 Å². The van der Waals surface area contributed by atoms with Crippen molar-refractivity contribution in [1.82, 2.24) is 15.1 Å². The third-order valence-corrected chi connectivity index (χ3v) is 5.94. The van der Waals surface area contributed by atoms with Crippen molar-refractivity contribution >= 4 is 5.96 Å². The topological polar surface area (TPSA) is 49.3 Å². The standard InChI is InChI=1S/C24H32N4O2/c1-25-24(26-14-19-8-10-21(11-9-19)18-29-2)28-16-22-23(17-28)30-13-12-27(22)15-20-6-4-3-5-7-20/h3-11,22-23H,12-18H2,1-2H3,(H,25,26). The van der Waals surface area contributed by atoms with E-state index in [1.165, 1.54) is 16.7 Å². The van der Waals surface area contributed by atoms with Crippen LogP contribution in [-0.4, -0.2) is 68.3 Å². The number of nitrogens with zero attached hydrogens (tertiary/aromatic N) is 3. The molecular formula is C24H32N4O2. The fourth-order valence-corrected chi connectivity index (χ4v) is 4.38. The smallest absolute Gasteiger partial charge is 0.194 e. The average molecular weight is 409 g/mol. The molecule has 6 nitrogen and oxygen atoms in total. The van der Waals surface area contributed by atoms with Crippen LogP contribution in [0.2, 0.25) is 0 Å². The summed E-state index contributed by atoms with van der Waals surface area (Å²) in [6.45, 7) is 5.95. The molecule has 2 saturated heterocycles. The van der Waals surface area contributed by atoms with Crippen molar-refractivity contribution in [3.05, 3.63) is 71.3 Å². The van der Waals surface area contributed by atoms with Crippen LogP contribution in [0.3, 0.4) is 0 Å². The zero-order valence-corrected chi connectivity index (χ0v) is 18.0. The number of methoxy groups -OCH3 is 1. The van der Waals surface area contributed by atoms with Crippen LogP contribution in [0.5, 0.6) is 0 Å². The number of morpholine rings is 1. The van der Waals surface area contributed by atoms with Gasteiger partial charge >= 0.3 is 0 Å². The van der Waals surface area contributed by atoms with Gasteiger partial charge in [-0.3, -0.25) is 9.89 Å². The van der Waals surface area contributed by atoms with E-state index in [0.29, 0.717) is 12.6 Å². The first-order valence-corrected chi connectivity index (χ1v) is 10.7. The van der Waals surface area contributed by atoms with Gasteiger partial charge in [0, 0.05) is 46.9 Å². The third kappa shape index (κ3) is 5.01. The highest BCUT2D eigenvalue weighted by Crippen LogP contribution is 2.24. The minimum atomic E-state index is 0.231. The van der Waals surface area contributed by atoms with Crippen LogP contribution in [0, 0.1) is 0 Å². The third-order valence-electron chi connectivity index (χ3n) is 5.94. The number of ether oxygens (including phenoxy) is 2. The maximum absolute atomic E-state index is 6.12. The molecule has 2 aromatic rings. The second-order valence-electron chi connectivity index (χ2n) is 7.99. The molecule has 0 spiro atoms. The molecular weight excluding hydrogens is 376 g/mol. The van der Waals surface area contributed by atoms with E-state index in [4.69, 9.17) is 9.47 Å². The maximum Gasteiger partial charge on any atom is 0.194 e. The summed E-state index contributed by atoms with van der Waals surface area (Å²) in [6.07, 6.45) is 0.231. The molecule has 0 bridgehead atoms. The van der Waals surface area contributed by atoms with Gasteiger partial charge in [0.15, 0.2) is 5.96 Å². The lowest BCUT2D eigenvalue weighted by molar-refractivity contribution is -0.0502. The van der Waals surface area contributed by atoms with Crippen molar-refractivity contribution in [1.29, 1.82) is 0 Å². The van der Waals surface area contributed by atoms with Gasteiger partial charge in [-0.15, -0.1) is 0 Å². The number of aliphatic imine (C=N–C) groups is 1. The SMILES string of the molecule is CN=C(NCc1ccc(COC)cc1)N1CC2OCCN(Cc3ccccc3)C2C1. The Morgan fingerprint density at radius 3 is 2.57 bits per heavy atom. The summed E-state index contributed by atoms with van der Waals surface area (Å²) in [5, 5.41) is 3.52. The first-order valence-electron chi connectivity index (χ1n) is 10.7. The summed E-state index contributed by atoms with van der Waals surface area (Å²) in [5.41, 5.74) is 3.77. The summed E-state index contributed by atoms with van der Waals surface area (Å²) >= 11 is 0. The molecule has 0 amide bonds. The van der Waals surface area contributed by atoms with E-state index in [0.717, 1.165) is 45.3 Å². The number of nitrogens with one attached hydrogen (secondary N) is 1. The van der Waals surface area contributed by atoms with E-state index in [1.807, 2.05) is 7.05 Å². The highest BCUT2D eigenvalue weighted by molar-refractivity contribution is 5.80. The Balaban J connectivity index is 1.35. The number of likely N-dealkylation sites (tertiary alicyclic amines) is 1. The summed E-state index contributed by atoms with van der Waals surface area (Å²) in [5.74, 6) is 0.939. The van der Waals surface area contributed by atoms with Gasteiger partial charge in [-0.1, -0.05) is 54.6 Å². The van der Waals surface area contributed by atoms with Gasteiger partial charge in [-0.2, -0.15) is 0 Å². The largest absolute Gasteiger partial charge is 0.380 e. The van der Waals surface area contributed by atoms with Crippen molar-refractivity contribution in [3.63, 3.8) is 0 Å². The van der Waals surface area contributed by atoms with E-state index in [-0.39, 0.29) is 6.10 Å². The van der Waals surface area contributed by atoms with E-state index in [1.54, 1.807) is 7.11 Å². The van der Waals surface area contributed by atoms with Crippen molar-refractivity contribution < 1.29 is 9.47 Å². The highest BCUT2D eigenvalue weighted by atomic mass is 16.5. The van der Waals surface area contributed by atoms with E-state index in [9.17, 15) is 0 Å². The average Bonchev–Trinajstić information content (AvgIpc) is 3.21. The zero-order valence-electron chi connectivity index (χ0n) is 18.0. The van der Waals surface area contributed by atoms with Gasteiger partial charge in [0.1, 0.15) is 0 Å². The molecule has 160 valence electrons. The molecule has 2 unspecified atom stereocenters. The number of hydrogen-bond acceptors (Lipinski definition) is 4. The van der Waals surface area contributed by atoms with E-state index in [2.05, 4.69) is 74.7 Å². The van der Waals surface area contributed by atoms with Gasteiger partial charge in [0.05, 0.1) is 25.4 Å². The van der Waals surface area contributed by atoms with Crippen molar-refractivity contribution in [2.45, 2.75) is 31.8 Å². The Hall–Kier alpha value is -2.41. The Morgan fingerprint density at radius 1 is 1.07 bits per heavy atom. The second-order valence-corrected chi connectivity index (χ2v) is 7.99. The second kappa shape index (κ2) is 10.1. The molecule has 4 rings (SSSR count). The van der Waals surface area contributed by atoms with Crippen LogP contribution in [0.25, 0.3) is 0 Å². The van der Waals surface area contributed by atoms with Crippen molar-refractivity contribution in [2.75, 3.05) is 40.4 Å². The van der Waals surface area contributed by atoms with Gasteiger partial charge in [-0.05, 0) is 16.7 Å². The van der Waals surface area contributed by atoms with E-state index < -0.39 is 0 Å². The first-order chi connectivity index (χ1) is 14.8. The van der Waals surface area contributed by atoms with Crippen LogP contribution < -0.4 is 5.32 Å². The van der Waals surface area contributed by atoms with Crippen LogP contribution in [0.4, 0.5) is 0 Å².